The van der Waals surface area contributed by atoms with Crippen molar-refractivity contribution < 1.29 is 4.79 Å². The number of rotatable bonds is 9. The molecule has 0 saturated carbocycles. The highest BCUT2D eigenvalue weighted by Crippen LogP contribution is 2.14. The lowest BCUT2D eigenvalue weighted by Crippen LogP contribution is -2.34. The summed E-state index contributed by atoms with van der Waals surface area (Å²) in [5.41, 5.74) is 9.24. The van der Waals surface area contributed by atoms with Crippen LogP contribution in [0, 0.1) is 0 Å². The summed E-state index contributed by atoms with van der Waals surface area (Å²) in [7, 11) is 0. The van der Waals surface area contributed by atoms with Crippen molar-refractivity contribution in [2.24, 2.45) is 5.11 Å². The summed E-state index contributed by atoms with van der Waals surface area (Å²) >= 11 is 1.71. The molecule has 1 aromatic carbocycles. The molecule has 6 heteroatoms. The smallest absolute Gasteiger partial charge is 0.225 e. The first-order chi connectivity index (χ1) is 9.76. The minimum absolute atomic E-state index is 0.0333. The summed E-state index contributed by atoms with van der Waals surface area (Å²) in [5, 5.41) is 6.63. The van der Waals surface area contributed by atoms with Crippen LogP contribution in [0.3, 0.4) is 0 Å². The van der Waals surface area contributed by atoms with Crippen molar-refractivity contribution in [1.82, 2.24) is 5.32 Å². The Morgan fingerprint density at radius 1 is 1.45 bits per heavy atom. The normalized spacial score (nSPS) is 11.4. The Morgan fingerprint density at radius 3 is 2.85 bits per heavy atom. The van der Waals surface area contributed by atoms with Gasteiger partial charge in [0.05, 0.1) is 11.8 Å². The zero-order chi connectivity index (χ0) is 14.6. The number of nitrogens with zero attached hydrogens (tertiary/aromatic N) is 3. The lowest BCUT2D eigenvalue weighted by molar-refractivity contribution is -0.120. The van der Waals surface area contributed by atoms with Gasteiger partial charge in [0.1, 0.15) is 0 Å². The Balaban J connectivity index is 2.39. The molecule has 0 aromatic heterocycles. The van der Waals surface area contributed by atoms with Gasteiger partial charge in [-0.1, -0.05) is 42.4 Å². The van der Waals surface area contributed by atoms with Crippen molar-refractivity contribution in [3.05, 3.63) is 46.3 Å². The highest BCUT2D eigenvalue weighted by Gasteiger charge is 2.11. The van der Waals surface area contributed by atoms with E-state index in [1.807, 2.05) is 30.3 Å². The molecule has 0 spiro atoms. The van der Waals surface area contributed by atoms with Gasteiger partial charge in [-0.15, -0.1) is 11.8 Å². The number of thioether (sulfide) groups is 1. The van der Waals surface area contributed by atoms with Gasteiger partial charge in [0.15, 0.2) is 0 Å². The Morgan fingerprint density at radius 2 is 2.20 bits per heavy atom. The van der Waals surface area contributed by atoms with Crippen molar-refractivity contribution >= 4 is 17.7 Å². The first-order valence-electron chi connectivity index (χ1n) is 6.72. The van der Waals surface area contributed by atoms with Gasteiger partial charge in [-0.3, -0.25) is 4.79 Å². The van der Waals surface area contributed by atoms with Crippen LogP contribution in [-0.2, 0) is 11.2 Å². The molecule has 0 heterocycles. The molecule has 1 amide bonds. The van der Waals surface area contributed by atoms with E-state index < -0.39 is 0 Å². The number of carbonyl (C=O) groups excluding carboxylic acids is 1. The maximum absolute atomic E-state index is 12.0. The van der Waals surface area contributed by atoms with E-state index in [1.165, 1.54) is 0 Å². The van der Waals surface area contributed by atoms with E-state index in [-0.39, 0.29) is 11.3 Å². The van der Waals surface area contributed by atoms with Crippen LogP contribution in [0.4, 0.5) is 0 Å². The molecule has 0 bridgehead atoms. The molecule has 1 unspecified atom stereocenters. The predicted octanol–water partition coefficient (Wildman–Crippen LogP) is 3.52. The van der Waals surface area contributed by atoms with Gasteiger partial charge >= 0.3 is 0 Å². The Bertz CT molecular complexity index is 446. The van der Waals surface area contributed by atoms with Crippen LogP contribution in [0.5, 0.6) is 0 Å². The second-order valence-corrected chi connectivity index (χ2v) is 5.75. The fraction of sp³-hybridized carbons (Fsp3) is 0.500. The summed E-state index contributed by atoms with van der Waals surface area (Å²) in [6.07, 6.45) is 2.00. The van der Waals surface area contributed by atoms with E-state index >= 15 is 0 Å². The Hall–Kier alpha value is -1.65. The second-order valence-electron chi connectivity index (χ2n) is 4.27. The molecule has 0 aliphatic carbocycles. The molecule has 0 radical (unpaired) electrons. The van der Waals surface area contributed by atoms with E-state index in [1.54, 1.807) is 11.8 Å². The number of amides is 1. The van der Waals surface area contributed by atoms with Gasteiger partial charge in [-0.25, -0.2) is 0 Å². The summed E-state index contributed by atoms with van der Waals surface area (Å²) < 4.78 is 0. The first-order valence-corrected chi connectivity index (χ1v) is 7.77. The molecule has 5 nitrogen and oxygen atoms in total. The second kappa shape index (κ2) is 10.2. The number of nitrogens with one attached hydrogen (secondary N) is 1. The van der Waals surface area contributed by atoms with Crippen molar-refractivity contribution in [2.75, 3.05) is 12.3 Å². The van der Waals surface area contributed by atoms with Crippen molar-refractivity contribution in [3.8, 4) is 0 Å². The average molecular weight is 292 g/mol. The lowest BCUT2D eigenvalue weighted by atomic mass is 10.1. The predicted molar refractivity (Wildman–Crippen MR) is 83.5 cm³/mol. The molecule has 20 heavy (non-hydrogen) atoms. The minimum atomic E-state index is 0.0333. The van der Waals surface area contributed by atoms with E-state index in [2.05, 4.69) is 22.3 Å². The minimum Gasteiger partial charge on any atom is -0.344 e. The lowest BCUT2D eigenvalue weighted by Gasteiger charge is -2.17. The summed E-state index contributed by atoms with van der Waals surface area (Å²) in [4.78, 5) is 14.7. The highest BCUT2D eigenvalue weighted by atomic mass is 32.2. The monoisotopic (exact) mass is 292 g/mol. The largest absolute Gasteiger partial charge is 0.344 e. The van der Waals surface area contributed by atoms with Gasteiger partial charge in [0.2, 0.25) is 5.91 Å². The van der Waals surface area contributed by atoms with Crippen LogP contribution >= 0.6 is 11.8 Å². The van der Waals surface area contributed by atoms with Crippen molar-refractivity contribution in [2.45, 2.75) is 31.6 Å². The van der Waals surface area contributed by atoms with Crippen LogP contribution in [-0.4, -0.2) is 23.6 Å². The number of hydrogen-bond donors (Lipinski definition) is 1. The summed E-state index contributed by atoms with van der Waals surface area (Å²) in [6.45, 7) is 2.54. The van der Waals surface area contributed by atoms with Crippen LogP contribution in [0.15, 0.2) is 35.4 Å². The maximum atomic E-state index is 12.0. The third-order valence-electron chi connectivity index (χ3n) is 2.69. The van der Waals surface area contributed by atoms with E-state index in [0.717, 1.165) is 24.2 Å². The highest BCUT2D eigenvalue weighted by molar-refractivity contribution is 7.99. The zero-order valence-corrected chi connectivity index (χ0v) is 12.5. The summed E-state index contributed by atoms with van der Waals surface area (Å²) in [5.74, 6) is 0.976. The molecular formula is C14H20N4OS. The van der Waals surface area contributed by atoms with Crippen LogP contribution in [0.1, 0.15) is 25.3 Å². The van der Waals surface area contributed by atoms with Gasteiger partial charge in [0.25, 0.3) is 0 Å². The van der Waals surface area contributed by atoms with Gasteiger partial charge in [-0.05, 0) is 29.7 Å². The quantitative estimate of drug-likeness (QED) is 0.248. The number of hydrogen-bond acceptors (Lipinski definition) is 3. The van der Waals surface area contributed by atoms with E-state index in [4.69, 9.17) is 5.53 Å². The number of carbonyl (C=O) groups is 1. The fourth-order valence-corrected chi connectivity index (χ4v) is 2.75. The van der Waals surface area contributed by atoms with Gasteiger partial charge in [-0.2, -0.15) is 0 Å². The topological polar surface area (TPSA) is 77.9 Å². The number of azide groups is 1. The molecule has 0 fully saturated rings. The molecular weight excluding hydrogens is 272 g/mol. The molecule has 1 N–H and O–H groups in total. The molecule has 1 atom stereocenters. The molecule has 0 aliphatic heterocycles. The Labute approximate surface area is 123 Å². The molecule has 1 rings (SSSR count). The van der Waals surface area contributed by atoms with E-state index in [0.29, 0.717) is 13.0 Å². The standard InChI is InChI=1S/C14H20N4OS/c1-2-20-14(9-6-10-16-18-15)17-13(19)11-12-7-4-3-5-8-12/h3-5,7-8,14H,2,6,9-11H2,1H3,(H,17,19). The zero-order valence-electron chi connectivity index (χ0n) is 11.7. The SMILES string of the molecule is CCSC(CCCN=[N+]=[N-])NC(=O)Cc1ccccc1. The van der Waals surface area contributed by atoms with Crippen molar-refractivity contribution in [1.29, 1.82) is 0 Å². The van der Waals surface area contributed by atoms with Crippen molar-refractivity contribution in [3.63, 3.8) is 0 Å². The third-order valence-corrected chi connectivity index (χ3v) is 3.77. The van der Waals surface area contributed by atoms with Crippen LogP contribution in [0.25, 0.3) is 10.4 Å². The maximum Gasteiger partial charge on any atom is 0.225 e. The Kier molecular flexibility index (Phi) is 8.35. The third kappa shape index (κ3) is 7.07. The molecule has 0 saturated heterocycles. The molecule has 108 valence electrons. The van der Waals surface area contributed by atoms with Crippen LogP contribution < -0.4 is 5.32 Å². The van der Waals surface area contributed by atoms with E-state index in [9.17, 15) is 4.79 Å². The van der Waals surface area contributed by atoms with Gasteiger partial charge < -0.3 is 5.32 Å². The molecule has 0 aliphatic rings. The van der Waals surface area contributed by atoms with Gasteiger partial charge in [0, 0.05) is 11.5 Å². The van der Waals surface area contributed by atoms with Crippen LogP contribution in [0.2, 0.25) is 0 Å². The average Bonchev–Trinajstić information content (AvgIpc) is 2.44. The fourth-order valence-electron chi connectivity index (χ4n) is 1.80. The first kappa shape index (κ1) is 16.4. The molecule has 1 aromatic rings. The summed E-state index contributed by atoms with van der Waals surface area (Å²) in [6, 6.07) is 9.70. The number of benzene rings is 1.